The summed E-state index contributed by atoms with van der Waals surface area (Å²) >= 11 is 0. The first kappa shape index (κ1) is 20.0. The smallest absolute Gasteiger partial charge is 0.327 e. The lowest BCUT2D eigenvalue weighted by atomic mass is 9.80. The first-order valence-electron chi connectivity index (χ1n) is 9.72. The van der Waals surface area contributed by atoms with Crippen molar-refractivity contribution in [3.05, 3.63) is 77.9 Å². The molecule has 2 heterocycles. The van der Waals surface area contributed by atoms with E-state index in [2.05, 4.69) is 5.32 Å². The van der Waals surface area contributed by atoms with Gasteiger partial charge >= 0.3 is 5.97 Å². The molecule has 7 heteroatoms. The van der Waals surface area contributed by atoms with E-state index in [4.69, 9.17) is 0 Å². The number of carboxylic acids is 1. The number of hydrogen-bond acceptors (Lipinski definition) is 5. The molecule has 154 valence electrons. The molecule has 0 saturated carbocycles. The number of hydrogen-bond donors (Lipinski definition) is 3. The van der Waals surface area contributed by atoms with Gasteiger partial charge in [-0.2, -0.15) is 0 Å². The number of fused-ring (bicyclic) bond motifs is 1. The highest BCUT2D eigenvalue weighted by Gasteiger charge is 2.67. The van der Waals surface area contributed by atoms with Gasteiger partial charge < -0.3 is 10.2 Å². The molecule has 0 radical (unpaired) electrons. The summed E-state index contributed by atoms with van der Waals surface area (Å²) < 4.78 is 0. The van der Waals surface area contributed by atoms with Crippen molar-refractivity contribution in [3.63, 3.8) is 0 Å². The topological polar surface area (TPSA) is 107 Å². The SMILES string of the molecule is O=C1C2C(C=Cc3ccccc3)NC(CO)(C(=O)O)C2C(=O)N1Cc1ccccc1. The average molecular weight is 406 g/mol. The number of carbonyl (C=O) groups is 3. The number of imide groups is 1. The van der Waals surface area contributed by atoms with Gasteiger partial charge in [-0.05, 0) is 11.1 Å². The normalized spacial score (nSPS) is 28.3. The van der Waals surface area contributed by atoms with Gasteiger partial charge in [-0.3, -0.25) is 24.6 Å². The van der Waals surface area contributed by atoms with Crippen LogP contribution in [0.3, 0.4) is 0 Å². The zero-order valence-corrected chi connectivity index (χ0v) is 16.1. The van der Waals surface area contributed by atoms with Gasteiger partial charge in [0.1, 0.15) is 0 Å². The van der Waals surface area contributed by atoms with Crippen molar-refractivity contribution in [3.8, 4) is 0 Å². The van der Waals surface area contributed by atoms with Gasteiger partial charge in [-0.25, -0.2) is 0 Å². The maximum atomic E-state index is 13.2. The van der Waals surface area contributed by atoms with Crippen molar-refractivity contribution in [2.75, 3.05) is 6.61 Å². The number of nitrogens with one attached hydrogen (secondary N) is 1. The van der Waals surface area contributed by atoms with Crippen LogP contribution in [-0.4, -0.2) is 51.1 Å². The summed E-state index contributed by atoms with van der Waals surface area (Å²) in [6.07, 6.45) is 3.48. The molecule has 4 rings (SSSR count). The molecule has 0 spiro atoms. The number of aliphatic hydroxyl groups is 1. The number of rotatable bonds is 6. The Labute approximate surface area is 173 Å². The van der Waals surface area contributed by atoms with Crippen molar-refractivity contribution >= 4 is 23.9 Å². The van der Waals surface area contributed by atoms with E-state index >= 15 is 0 Å². The number of nitrogens with zero attached hydrogens (tertiary/aromatic N) is 1. The second-order valence-corrected chi connectivity index (χ2v) is 7.63. The van der Waals surface area contributed by atoms with Crippen molar-refractivity contribution in [2.24, 2.45) is 11.8 Å². The summed E-state index contributed by atoms with van der Waals surface area (Å²) in [7, 11) is 0. The molecule has 2 fully saturated rings. The van der Waals surface area contributed by atoms with Crippen LogP contribution in [0.2, 0.25) is 0 Å². The Morgan fingerprint density at radius 2 is 1.67 bits per heavy atom. The molecule has 0 aliphatic carbocycles. The van der Waals surface area contributed by atoms with Crippen LogP contribution in [0.4, 0.5) is 0 Å². The van der Waals surface area contributed by atoms with E-state index in [1.807, 2.05) is 48.5 Å². The van der Waals surface area contributed by atoms with Gasteiger partial charge in [-0.15, -0.1) is 0 Å². The van der Waals surface area contributed by atoms with Crippen LogP contribution in [-0.2, 0) is 20.9 Å². The van der Waals surface area contributed by atoms with E-state index in [9.17, 15) is 24.6 Å². The molecule has 30 heavy (non-hydrogen) atoms. The third kappa shape index (κ3) is 3.22. The predicted octanol–water partition coefficient (Wildman–Crippen LogP) is 1.29. The number of aliphatic hydroxyl groups excluding tert-OH is 1. The lowest BCUT2D eigenvalue weighted by Gasteiger charge is -2.28. The molecule has 0 bridgehead atoms. The van der Waals surface area contributed by atoms with Crippen molar-refractivity contribution in [1.82, 2.24) is 10.2 Å². The third-order valence-corrected chi connectivity index (χ3v) is 5.89. The fourth-order valence-electron chi connectivity index (χ4n) is 4.38. The van der Waals surface area contributed by atoms with E-state index in [0.717, 1.165) is 16.0 Å². The number of carboxylic acid groups (broad SMARTS) is 1. The number of benzene rings is 2. The van der Waals surface area contributed by atoms with E-state index < -0.39 is 47.8 Å². The summed E-state index contributed by atoms with van der Waals surface area (Å²) in [5, 5.41) is 22.7. The zero-order chi connectivity index (χ0) is 21.3. The highest BCUT2D eigenvalue weighted by atomic mass is 16.4. The summed E-state index contributed by atoms with van der Waals surface area (Å²) in [4.78, 5) is 39.6. The van der Waals surface area contributed by atoms with E-state index in [-0.39, 0.29) is 6.54 Å². The summed E-state index contributed by atoms with van der Waals surface area (Å²) in [5.74, 6) is -4.43. The number of amides is 2. The molecule has 2 aliphatic heterocycles. The van der Waals surface area contributed by atoms with Gasteiger partial charge in [-0.1, -0.05) is 72.8 Å². The monoisotopic (exact) mass is 406 g/mol. The Bertz CT molecular complexity index is 991. The highest BCUT2D eigenvalue weighted by Crippen LogP contribution is 2.44. The van der Waals surface area contributed by atoms with Crippen LogP contribution in [0.5, 0.6) is 0 Å². The number of aliphatic carboxylic acids is 1. The van der Waals surface area contributed by atoms with Gasteiger partial charge in [0.25, 0.3) is 0 Å². The van der Waals surface area contributed by atoms with Crippen LogP contribution < -0.4 is 5.32 Å². The Morgan fingerprint density at radius 1 is 1.03 bits per heavy atom. The first-order valence-corrected chi connectivity index (χ1v) is 9.72. The molecule has 2 amide bonds. The number of carbonyl (C=O) groups excluding carboxylic acids is 2. The van der Waals surface area contributed by atoms with Gasteiger partial charge in [0.05, 0.1) is 25.0 Å². The Hall–Kier alpha value is -3.29. The van der Waals surface area contributed by atoms with Crippen molar-refractivity contribution in [1.29, 1.82) is 0 Å². The molecule has 2 aromatic rings. The Kier molecular flexibility index (Phi) is 5.24. The maximum absolute atomic E-state index is 13.2. The highest BCUT2D eigenvalue weighted by molar-refractivity contribution is 6.09. The lowest BCUT2D eigenvalue weighted by Crippen LogP contribution is -2.59. The van der Waals surface area contributed by atoms with Gasteiger partial charge in [0, 0.05) is 6.04 Å². The van der Waals surface area contributed by atoms with E-state index in [0.29, 0.717) is 0 Å². The Morgan fingerprint density at radius 3 is 2.27 bits per heavy atom. The van der Waals surface area contributed by atoms with Crippen LogP contribution in [0.25, 0.3) is 6.08 Å². The summed E-state index contributed by atoms with van der Waals surface area (Å²) in [5.41, 5.74) is -0.256. The second-order valence-electron chi connectivity index (χ2n) is 7.63. The predicted molar refractivity (Wildman–Crippen MR) is 109 cm³/mol. The minimum atomic E-state index is -1.91. The standard InChI is InChI=1S/C23H22N2O5/c26-14-23(22(29)30)19-18(17(24-23)12-11-15-7-3-1-4-8-15)20(27)25(21(19)28)13-16-9-5-2-6-10-16/h1-12,17-19,24,26H,13-14H2,(H,29,30). The van der Waals surface area contributed by atoms with Crippen LogP contribution >= 0.6 is 0 Å². The molecule has 4 unspecified atom stereocenters. The molecule has 2 aliphatic rings. The Balaban J connectivity index is 1.69. The quantitative estimate of drug-likeness (QED) is 0.624. The fourth-order valence-corrected chi connectivity index (χ4v) is 4.38. The molecule has 2 saturated heterocycles. The maximum Gasteiger partial charge on any atom is 0.327 e. The molecule has 2 aromatic carbocycles. The molecule has 7 nitrogen and oxygen atoms in total. The van der Waals surface area contributed by atoms with Gasteiger partial charge in [0.15, 0.2) is 5.54 Å². The minimum absolute atomic E-state index is 0.0712. The molecule has 0 aromatic heterocycles. The average Bonchev–Trinajstić information content (AvgIpc) is 3.23. The van der Waals surface area contributed by atoms with Crippen molar-refractivity contribution in [2.45, 2.75) is 18.1 Å². The van der Waals surface area contributed by atoms with E-state index in [1.54, 1.807) is 24.3 Å². The summed E-state index contributed by atoms with van der Waals surface area (Å²) in [6.45, 7) is -0.723. The zero-order valence-electron chi connectivity index (χ0n) is 16.1. The fraction of sp³-hybridized carbons (Fsp3) is 0.261. The third-order valence-electron chi connectivity index (χ3n) is 5.89. The van der Waals surface area contributed by atoms with Crippen LogP contribution in [0, 0.1) is 11.8 Å². The van der Waals surface area contributed by atoms with Crippen LogP contribution in [0.1, 0.15) is 11.1 Å². The van der Waals surface area contributed by atoms with Gasteiger partial charge in [0.2, 0.25) is 11.8 Å². The van der Waals surface area contributed by atoms with Crippen LogP contribution in [0.15, 0.2) is 66.7 Å². The molecular formula is C23H22N2O5. The lowest BCUT2D eigenvalue weighted by molar-refractivity contribution is -0.153. The van der Waals surface area contributed by atoms with Crippen molar-refractivity contribution < 1.29 is 24.6 Å². The second kappa shape index (κ2) is 7.85. The summed E-state index contributed by atoms with van der Waals surface area (Å²) in [6, 6.07) is 17.7. The molecule has 4 atom stereocenters. The largest absolute Gasteiger partial charge is 0.480 e. The van der Waals surface area contributed by atoms with E-state index in [1.165, 1.54) is 0 Å². The number of likely N-dealkylation sites (tertiary alicyclic amines) is 1. The minimum Gasteiger partial charge on any atom is -0.480 e. The molecule has 3 N–H and O–H groups in total. The first-order chi connectivity index (χ1) is 14.5. The molecular weight excluding hydrogens is 384 g/mol.